The number of nitrogens with one attached hydrogen (secondary N) is 1. The van der Waals surface area contributed by atoms with E-state index in [2.05, 4.69) is 5.32 Å². The van der Waals surface area contributed by atoms with Crippen LogP contribution < -0.4 is 10.1 Å². The van der Waals surface area contributed by atoms with Gasteiger partial charge in [0, 0.05) is 31.5 Å². The lowest BCUT2D eigenvalue weighted by Gasteiger charge is -2.26. The summed E-state index contributed by atoms with van der Waals surface area (Å²) in [6.45, 7) is 2.38. The topological polar surface area (TPSA) is 58.6 Å². The molecule has 1 saturated carbocycles. The first-order valence-electron chi connectivity index (χ1n) is 8.71. The highest BCUT2D eigenvalue weighted by Gasteiger charge is 2.23. The predicted octanol–water partition coefficient (Wildman–Crippen LogP) is 2.91. The third kappa shape index (κ3) is 4.49. The van der Waals surface area contributed by atoms with Crippen LogP contribution >= 0.6 is 0 Å². The Labute approximate surface area is 144 Å². The molecule has 1 fully saturated rings. The zero-order valence-corrected chi connectivity index (χ0v) is 14.9. The van der Waals surface area contributed by atoms with E-state index in [9.17, 15) is 9.59 Å². The van der Waals surface area contributed by atoms with Gasteiger partial charge < -0.3 is 15.0 Å². The Balaban J connectivity index is 1.83. The third-order valence-corrected chi connectivity index (χ3v) is 4.93. The second-order valence-corrected chi connectivity index (χ2v) is 6.44. The van der Waals surface area contributed by atoms with Crippen molar-refractivity contribution in [1.29, 1.82) is 0 Å². The van der Waals surface area contributed by atoms with Crippen LogP contribution in [0.25, 0.3) is 0 Å². The molecule has 1 aromatic rings. The van der Waals surface area contributed by atoms with Crippen LogP contribution in [0.4, 0.5) is 0 Å². The molecule has 1 atom stereocenters. The number of para-hydroxylation sites is 1. The van der Waals surface area contributed by atoms with Gasteiger partial charge in [0.15, 0.2) is 0 Å². The van der Waals surface area contributed by atoms with Crippen LogP contribution in [0.1, 0.15) is 50.6 Å². The standard InChI is InChI=1S/C19H28N2O3/c1-14(16-10-6-7-11-17(16)24-3)21(2)18(22)12-13-20-19(23)15-8-4-5-9-15/h6-7,10-11,14-15H,4-5,8-9,12-13H2,1-3H3,(H,20,23). The normalized spacial score (nSPS) is 15.8. The smallest absolute Gasteiger partial charge is 0.224 e. The van der Waals surface area contributed by atoms with Crippen molar-refractivity contribution in [3.8, 4) is 5.75 Å². The SMILES string of the molecule is COc1ccccc1C(C)N(C)C(=O)CCNC(=O)C1CCCC1. The van der Waals surface area contributed by atoms with Crippen molar-refractivity contribution >= 4 is 11.8 Å². The lowest BCUT2D eigenvalue weighted by atomic mass is 10.1. The molecule has 5 heteroatoms. The van der Waals surface area contributed by atoms with E-state index in [1.165, 1.54) is 0 Å². The van der Waals surface area contributed by atoms with Crippen LogP contribution in [0.15, 0.2) is 24.3 Å². The van der Waals surface area contributed by atoms with Gasteiger partial charge in [-0.05, 0) is 25.8 Å². The summed E-state index contributed by atoms with van der Waals surface area (Å²) >= 11 is 0. The molecule has 1 N–H and O–H groups in total. The quantitative estimate of drug-likeness (QED) is 0.835. The number of rotatable bonds is 7. The molecule has 132 valence electrons. The molecule has 1 aliphatic carbocycles. The van der Waals surface area contributed by atoms with E-state index in [-0.39, 0.29) is 23.8 Å². The van der Waals surface area contributed by atoms with Gasteiger partial charge in [-0.1, -0.05) is 31.0 Å². The minimum Gasteiger partial charge on any atom is -0.496 e. The zero-order valence-electron chi connectivity index (χ0n) is 14.9. The molecule has 0 bridgehead atoms. The van der Waals surface area contributed by atoms with Gasteiger partial charge in [0.25, 0.3) is 0 Å². The molecule has 2 amide bonds. The van der Waals surface area contributed by atoms with Crippen molar-refractivity contribution in [2.24, 2.45) is 5.92 Å². The van der Waals surface area contributed by atoms with Crippen molar-refractivity contribution in [3.63, 3.8) is 0 Å². The fourth-order valence-electron chi connectivity index (χ4n) is 3.24. The summed E-state index contributed by atoms with van der Waals surface area (Å²) in [5.41, 5.74) is 0.978. The first kappa shape index (κ1) is 18.3. The molecule has 24 heavy (non-hydrogen) atoms. The minimum absolute atomic E-state index is 0.0140. The maximum Gasteiger partial charge on any atom is 0.224 e. The Morgan fingerprint density at radius 3 is 2.62 bits per heavy atom. The van der Waals surface area contributed by atoms with E-state index >= 15 is 0 Å². The summed E-state index contributed by atoms with van der Waals surface area (Å²) in [5, 5.41) is 2.90. The number of carbonyl (C=O) groups excluding carboxylic acids is 2. The van der Waals surface area contributed by atoms with Gasteiger partial charge in [-0.3, -0.25) is 9.59 Å². The molecular formula is C19H28N2O3. The molecule has 0 heterocycles. The van der Waals surface area contributed by atoms with E-state index in [0.29, 0.717) is 13.0 Å². The van der Waals surface area contributed by atoms with E-state index < -0.39 is 0 Å². The van der Waals surface area contributed by atoms with Crippen molar-refractivity contribution in [2.45, 2.75) is 45.1 Å². The van der Waals surface area contributed by atoms with Crippen molar-refractivity contribution in [3.05, 3.63) is 29.8 Å². The Morgan fingerprint density at radius 1 is 1.29 bits per heavy atom. The maximum atomic E-state index is 12.4. The minimum atomic E-state index is -0.0841. The molecule has 0 aliphatic heterocycles. The van der Waals surface area contributed by atoms with Crippen LogP contribution in [0, 0.1) is 5.92 Å². The molecule has 1 aliphatic rings. The summed E-state index contributed by atoms with van der Waals surface area (Å²) in [5.74, 6) is 1.03. The number of hydrogen-bond donors (Lipinski definition) is 1. The van der Waals surface area contributed by atoms with Crippen LogP contribution in [0.3, 0.4) is 0 Å². The lowest BCUT2D eigenvalue weighted by Crippen LogP contribution is -2.35. The highest BCUT2D eigenvalue weighted by atomic mass is 16.5. The Kier molecular flexibility index (Phi) is 6.64. The van der Waals surface area contributed by atoms with Crippen LogP contribution in [0.5, 0.6) is 5.75 Å². The van der Waals surface area contributed by atoms with Crippen LogP contribution in [-0.2, 0) is 9.59 Å². The molecule has 1 unspecified atom stereocenters. The molecule has 5 nitrogen and oxygen atoms in total. The zero-order chi connectivity index (χ0) is 17.5. The second-order valence-electron chi connectivity index (χ2n) is 6.44. The number of carbonyl (C=O) groups is 2. The van der Waals surface area contributed by atoms with E-state index in [1.807, 2.05) is 31.2 Å². The summed E-state index contributed by atoms with van der Waals surface area (Å²) in [6.07, 6.45) is 4.54. The Hall–Kier alpha value is -2.04. The Morgan fingerprint density at radius 2 is 1.96 bits per heavy atom. The molecule has 1 aromatic carbocycles. The summed E-state index contributed by atoms with van der Waals surface area (Å²) in [7, 11) is 3.42. The number of methoxy groups -OCH3 is 1. The lowest BCUT2D eigenvalue weighted by molar-refractivity contribution is -0.132. The fraction of sp³-hybridized carbons (Fsp3) is 0.579. The molecule has 2 rings (SSSR count). The second kappa shape index (κ2) is 8.71. The number of ether oxygens (including phenoxy) is 1. The number of amides is 2. The highest BCUT2D eigenvalue weighted by Crippen LogP contribution is 2.28. The van der Waals surface area contributed by atoms with Crippen molar-refractivity contribution in [1.82, 2.24) is 10.2 Å². The van der Waals surface area contributed by atoms with Crippen molar-refractivity contribution < 1.29 is 14.3 Å². The number of benzene rings is 1. The van der Waals surface area contributed by atoms with Gasteiger partial charge in [0.1, 0.15) is 5.75 Å². The van der Waals surface area contributed by atoms with Crippen LogP contribution in [0.2, 0.25) is 0 Å². The van der Waals surface area contributed by atoms with Gasteiger partial charge in [-0.2, -0.15) is 0 Å². The van der Waals surface area contributed by atoms with Gasteiger partial charge in [-0.25, -0.2) is 0 Å². The summed E-state index contributed by atoms with van der Waals surface area (Å²) in [6, 6.07) is 7.63. The van der Waals surface area contributed by atoms with Gasteiger partial charge in [0.05, 0.1) is 13.2 Å². The summed E-state index contributed by atoms with van der Waals surface area (Å²) in [4.78, 5) is 26.1. The monoisotopic (exact) mass is 332 g/mol. The average molecular weight is 332 g/mol. The third-order valence-electron chi connectivity index (χ3n) is 4.93. The highest BCUT2D eigenvalue weighted by molar-refractivity contribution is 5.80. The largest absolute Gasteiger partial charge is 0.496 e. The van der Waals surface area contributed by atoms with Crippen LogP contribution in [-0.4, -0.2) is 37.4 Å². The first-order chi connectivity index (χ1) is 11.5. The molecule has 0 saturated heterocycles. The average Bonchev–Trinajstić information content (AvgIpc) is 3.14. The Bertz CT molecular complexity index is 567. The maximum absolute atomic E-state index is 12.4. The fourth-order valence-corrected chi connectivity index (χ4v) is 3.24. The molecule has 0 radical (unpaired) electrons. The molecule has 0 spiro atoms. The van der Waals surface area contributed by atoms with E-state index in [1.54, 1.807) is 19.1 Å². The first-order valence-corrected chi connectivity index (χ1v) is 8.71. The molecule has 0 aromatic heterocycles. The number of hydrogen-bond acceptors (Lipinski definition) is 3. The predicted molar refractivity (Wildman–Crippen MR) is 93.8 cm³/mol. The summed E-state index contributed by atoms with van der Waals surface area (Å²) < 4.78 is 5.37. The molecular weight excluding hydrogens is 304 g/mol. The van der Waals surface area contributed by atoms with Gasteiger partial charge in [0.2, 0.25) is 11.8 Å². The van der Waals surface area contributed by atoms with E-state index in [0.717, 1.165) is 37.0 Å². The van der Waals surface area contributed by atoms with Gasteiger partial charge in [-0.15, -0.1) is 0 Å². The van der Waals surface area contributed by atoms with E-state index in [4.69, 9.17) is 4.74 Å². The number of nitrogens with zero attached hydrogens (tertiary/aromatic N) is 1. The van der Waals surface area contributed by atoms with Gasteiger partial charge >= 0.3 is 0 Å². The van der Waals surface area contributed by atoms with Crippen molar-refractivity contribution in [2.75, 3.05) is 20.7 Å².